The monoisotopic (exact) mass is 301 g/mol. The Labute approximate surface area is 131 Å². The summed E-state index contributed by atoms with van der Waals surface area (Å²) in [6, 6.07) is 7.87. The average molecular weight is 301 g/mol. The van der Waals surface area contributed by atoms with Crippen LogP contribution in [0.4, 0.5) is 5.82 Å². The van der Waals surface area contributed by atoms with Crippen LogP contribution in [-0.4, -0.2) is 21.1 Å². The van der Waals surface area contributed by atoms with Crippen molar-refractivity contribution in [3.63, 3.8) is 0 Å². The van der Waals surface area contributed by atoms with E-state index in [1.165, 1.54) is 0 Å². The number of aryl methyl sites for hydroxylation is 1. The van der Waals surface area contributed by atoms with Crippen LogP contribution in [-0.2, 0) is 22.5 Å². The zero-order chi connectivity index (χ0) is 16.3. The van der Waals surface area contributed by atoms with Gasteiger partial charge in [-0.25, -0.2) is 4.98 Å². The summed E-state index contributed by atoms with van der Waals surface area (Å²) < 4.78 is 7.24. The molecule has 0 bridgehead atoms. The highest BCUT2D eigenvalue weighted by Gasteiger charge is 2.16. The van der Waals surface area contributed by atoms with Crippen LogP contribution in [0, 0.1) is 6.92 Å². The molecular formula is C17H23N3O2. The van der Waals surface area contributed by atoms with E-state index in [-0.39, 0.29) is 12.4 Å². The number of anilines is 1. The van der Waals surface area contributed by atoms with Crippen LogP contribution in [0.15, 0.2) is 30.6 Å². The topological polar surface area (TPSA) is 70.1 Å². The number of aromatic nitrogens is 2. The summed E-state index contributed by atoms with van der Waals surface area (Å²) in [6.45, 7) is 8.11. The van der Waals surface area contributed by atoms with Crippen LogP contribution < -0.4 is 5.73 Å². The molecule has 2 N–H and O–H groups in total. The first kappa shape index (κ1) is 16.1. The Morgan fingerprint density at radius 3 is 2.59 bits per heavy atom. The Balaban J connectivity index is 2.07. The van der Waals surface area contributed by atoms with Crippen molar-refractivity contribution in [1.82, 2.24) is 9.55 Å². The highest BCUT2D eigenvalue weighted by atomic mass is 16.6. The van der Waals surface area contributed by atoms with Gasteiger partial charge < -0.3 is 15.0 Å². The number of carbonyl (C=O) groups is 1. The number of rotatable bonds is 4. The predicted octanol–water partition coefficient (Wildman–Crippen LogP) is 2.71. The maximum atomic E-state index is 11.9. The first-order valence-electron chi connectivity index (χ1n) is 7.31. The molecule has 118 valence electrons. The lowest BCUT2D eigenvalue weighted by Gasteiger charge is -2.19. The Kier molecular flexibility index (Phi) is 4.54. The number of imidazole rings is 1. The molecule has 0 fully saturated rings. The second-order valence-corrected chi connectivity index (χ2v) is 6.43. The van der Waals surface area contributed by atoms with Gasteiger partial charge in [-0.05, 0) is 38.8 Å². The van der Waals surface area contributed by atoms with Gasteiger partial charge in [0.05, 0.1) is 25.0 Å². The van der Waals surface area contributed by atoms with E-state index >= 15 is 0 Å². The average Bonchev–Trinajstić information content (AvgIpc) is 2.69. The highest BCUT2D eigenvalue weighted by molar-refractivity contribution is 5.73. The van der Waals surface area contributed by atoms with E-state index < -0.39 is 5.60 Å². The van der Waals surface area contributed by atoms with Gasteiger partial charge in [-0.15, -0.1) is 0 Å². The molecule has 0 atom stereocenters. The lowest BCUT2D eigenvalue weighted by molar-refractivity contribution is -0.153. The van der Waals surface area contributed by atoms with Crippen LogP contribution in [0.1, 0.15) is 37.6 Å². The van der Waals surface area contributed by atoms with E-state index in [0.29, 0.717) is 12.4 Å². The number of nitrogens with zero attached hydrogens (tertiary/aromatic N) is 2. The second kappa shape index (κ2) is 6.22. The molecule has 1 aromatic carbocycles. The molecular weight excluding hydrogens is 278 g/mol. The number of esters is 1. The Morgan fingerprint density at radius 1 is 1.32 bits per heavy atom. The number of carbonyl (C=O) groups excluding carboxylic acids is 1. The van der Waals surface area contributed by atoms with E-state index in [9.17, 15) is 4.79 Å². The van der Waals surface area contributed by atoms with Crippen molar-refractivity contribution in [2.75, 3.05) is 5.73 Å². The van der Waals surface area contributed by atoms with Gasteiger partial charge in [0.2, 0.25) is 0 Å². The molecule has 0 amide bonds. The number of ether oxygens (including phenoxy) is 1. The third-order valence-electron chi connectivity index (χ3n) is 3.18. The number of benzene rings is 1. The standard InChI is InChI=1S/C17H23N3O2/c1-12-16(18)20(11-19-12)10-14-7-5-6-13(8-14)9-15(21)22-17(2,3)4/h5-8,11H,9-10,18H2,1-4H3. The van der Waals surface area contributed by atoms with Crippen molar-refractivity contribution in [2.45, 2.75) is 46.3 Å². The predicted molar refractivity (Wildman–Crippen MR) is 86.5 cm³/mol. The minimum atomic E-state index is -0.461. The molecule has 5 heteroatoms. The van der Waals surface area contributed by atoms with Gasteiger partial charge in [0.15, 0.2) is 0 Å². The summed E-state index contributed by atoms with van der Waals surface area (Å²) in [5, 5.41) is 0. The zero-order valence-corrected chi connectivity index (χ0v) is 13.6. The molecule has 0 aliphatic carbocycles. The molecule has 0 radical (unpaired) electrons. The zero-order valence-electron chi connectivity index (χ0n) is 13.6. The first-order valence-corrected chi connectivity index (χ1v) is 7.31. The fraction of sp³-hybridized carbons (Fsp3) is 0.412. The molecule has 2 aromatic rings. The fourth-order valence-corrected chi connectivity index (χ4v) is 2.20. The quantitative estimate of drug-likeness (QED) is 0.881. The summed E-state index contributed by atoms with van der Waals surface area (Å²) in [6.07, 6.45) is 1.99. The lowest BCUT2D eigenvalue weighted by Crippen LogP contribution is -2.24. The van der Waals surface area contributed by atoms with Crippen LogP contribution in [0.2, 0.25) is 0 Å². The molecule has 0 aliphatic heterocycles. The Bertz CT molecular complexity index is 669. The van der Waals surface area contributed by atoms with Gasteiger partial charge >= 0.3 is 5.97 Å². The SMILES string of the molecule is Cc1ncn(Cc2cccc(CC(=O)OC(C)(C)C)c2)c1N. The summed E-state index contributed by atoms with van der Waals surface area (Å²) >= 11 is 0. The van der Waals surface area contributed by atoms with E-state index in [1.807, 2.05) is 56.5 Å². The molecule has 1 heterocycles. The van der Waals surface area contributed by atoms with Crippen molar-refractivity contribution >= 4 is 11.8 Å². The largest absolute Gasteiger partial charge is 0.460 e. The van der Waals surface area contributed by atoms with Crippen molar-refractivity contribution in [2.24, 2.45) is 0 Å². The second-order valence-electron chi connectivity index (χ2n) is 6.43. The molecule has 5 nitrogen and oxygen atoms in total. The van der Waals surface area contributed by atoms with Gasteiger partial charge in [0.1, 0.15) is 11.4 Å². The highest BCUT2D eigenvalue weighted by Crippen LogP contribution is 2.14. The summed E-state index contributed by atoms with van der Waals surface area (Å²) in [7, 11) is 0. The Morgan fingerprint density at radius 2 is 2.00 bits per heavy atom. The molecule has 0 spiro atoms. The summed E-state index contributed by atoms with van der Waals surface area (Å²) in [4.78, 5) is 16.1. The Hall–Kier alpha value is -2.30. The number of nitrogen functional groups attached to an aromatic ring is 1. The van der Waals surface area contributed by atoms with Gasteiger partial charge in [0.25, 0.3) is 0 Å². The number of hydrogen-bond donors (Lipinski definition) is 1. The molecule has 0 saturated heterocycles. The first-order chi connectivity index (χ1) is 10.2. The fourth-order valence-electron chi connectivity index (χ4n) is 2.20. The van der Waals surface area contributed by atoms with Crippen molar-refractivity contribution < 1.29 is 9.53 Å². The molecule has 2 rings (SSSR count). The minimum absolute atomic E-state index is 0.220. The molecule has 22 heavy (non-hydrogen) atoms. The molecule has 0 saturated carbocycles. The smallest absolute Gasteiger partial charge is 0.310 e. The lowest BCUT2D eigenvalue weighted by atomic mass is 10.1. The third kappa shape index (κ3) is 4.35. The van der Waals surface area contributed by atoms with Gasteiger partial charge in [-0.1, -0.05) is 24.3 Å². The van der Waals surface area contributed by atoms with E-state index in [2.05, 4.69) is 4.98 Å². The van der Waals surface area contributed by atoms with Crippen LogP contribution in [0.25, 0.3) is 0 Å². The third-order valence-corrected chi connectivity index (χ3v) is 3.18. The molecule has 0 aliphatic rings. The molecule has 0 unspecified atom stereocenters. The minimum Gasteiger partial charge on any atom is -0.460 e. The maximum absolute atomic E-state index is 11.9. The van der Waals surface area contributed by atoms with Gasteiger partial charge in [0, 0.05) is 0 Å². The van der Waals surface area contributed by atoms with Crippen molar-refractivity contribution in [3.05, 3.63) is 47.4 Å². The molecule has 1 aromatic heterocycles. The van der Waals surface area contributed by atoms with Crippen LogP contribution in [0.3, 0.4) is 0 Å². The van der Waals surface area contributed by atoms with Crippen LogP contribution in [0.5, 0.6) is 0 Å². The summed E-state index contributed by atoms with van der Waals surface area (Å²) in [5.74, 6) is 0.445. The normalized spacial score (nSPS) is 11.5. The summed E-state index contributed by atoms with van der Waals surface area (Å²) in [5.41, 5.74) is 8.33. The van der Waals surface area contributed by atoms with Gasteiger partial charge in [-0.2, -0.15) is 0 Å². The maximum Gasteiger partial charge on any atom is 0.310 e. The number of hydrogen-bond acceptors (Lipinski definition) is 4. The van der Waals surface area contributed by atoms with Crippen molar-refractivity contribution in [3.8, 4) is 0 Å². The van der Waals surface area contributed by atoms with E-state index in [4.69, 9.17) is 10.5 Å². The van der Waals surface area contributed by atoms with E-state index in [0.717, 1.165) is 16.8 Å². The number of nitrogens with two attached hydrogens (primary N) is 1. The van der Waals surface area contributed by atoms with Gasteiger partial charge in [-0.3, -0.25) is 4.79 Å². The van der Waals surface area contributed by atoms with E-state index in [1.54, 1.807) is 6.33 Å². The van der Waals surface area contributed by atoms with Crippen molar-refractivity contribution in [1.29, 1.82) is 0 Å². The van der Waals surface area contributed by atoms with Crippen LogP contribution >= 0.6 is 0 Å².